The molecule has 0 aliphatic heterocycles. The van der Waals surface area contributed by atoms with Crippen molar-refractivity contribution in [2.45, 2.75) is 12.8 Å². The van der Waals surface area contributed by atoms with E-state index < -0.39 is 0 Å². The monoisotopic (exact) mass is 210 g/mol. The predicted octanol–water partition coefficient (Wildman–Crippen LogP) is 2.83. The Bertz CT molecular complexity index is 275. The van der Waals surface area contributed by atoms with Crippen LogP contribution in [0.5, 0.6) is 0 Å². The van der Waals surface area contributed by atoms with E-state index in [0.29, 0.717) is 16.7 Å². The van der Waals surface area contributed by atoms with Crippen LogP contribution in [0.2, 0.25) is 10.4 Å². The van der Waals surface area contributed by atoms with E-state index in [-0.39, 0.29) is 5.28 Å². The maximum absolute atomic E-state index is 5.70. The summed E-state index contributed by atoms with van der Waals surface area (Å²) in [5, 5.41) is 0.497. The fraction of sp³-hybridized carbons (Fsp3) is 0.333. The minimum Gasteiger partial charge on any atom is -0.221 e. The summed E-state index contributed by atoms with van der Waals surface area (Å²) >= 11 is 16.8. The van der Waals surface area contributed by atoms with Gasteiger partial charge >= 0.3 is 0 Å². The molecule has 0 unspecified atom stereocenters. The van der Waals surface area contributed by atoms with E-state index >= 15 is 0 Å². The molecule has 0 saturated heterocycles. The summed E-state index contributed by atoms with van der Waals surface area (Å²) in [5.74, 6) is 0.299. The molecule has 2 nitrogen and oxygen atoms in total. The highest BCUT2D eigenvalue weighted by molar-refractivity contribution is 6.32. The normalized spacial score (nSPS) is 10.2. The Labute approximate surface area is 79.5 Å². The number of halogens is 3. The first-order valence-electron chi connectivity index (χ1n) is 2.89. The molecule has 0 fully saturated rings. The Morgan fingerprint density at radius 2 is 1.91 bits per heavy atom. The van der Waals surface area contributed by atoms with Crippen LogP contribution in [0, 0.1) is 6.92 Å². The molecule has 1 rings (SSSR count). The second kappa shape index (κ2) is 3.57. The maximum Gasteiger partial charge on any atom is 0.224 e. The first-order chi connectivity index (χ1) is 5.15. The van der Waals surface area contributed by atoms with E-state index in [4.69, 9.17) is 34.8 Å². The number of nitrogens with zero attached hydrogens (tertiary/aromatic N) is 2. The fourth-order valence-corrected chi connectivity index (χ4v) is 1.31. The topological polar surface area (TPSA) is 25.8 Å². The van der Waals surface area contributed by atoms with Crippen molar-refractivity contribution in [1.82, 2.24) is 9.97 Å². The number of aromatic nitrogens is 2. The Hall–Kier alpha value is -0.0500. The molecule has 0 atom stereocenters. The van der Waals surface area contributed by atoms with Crippen LogP contribution >= 0.6 is 34.8 Å². The van der Waals surface area contributed by atoms with E-state index in [1.165, 1.54) is 0 Å². The van der Waals surface area contributed by atoms with Crippen molar-refractivity contribution in [2.24, 2.45) is 0 Å². The van der Waals surface area contributed by atoms with E-state index in [9.17, 15) is 0 Å². The molecule has 0 saturated carbocycles. The molecule has 1 aromatic rings. The summed E-state index contributed by atoms with van der Waals surface area (Å²) in [5.41, 5.74) is 1.46. The lowest BCUT2D eigenvalue weighted by Gasteiger charge is -2.01. The molecule has 0 N–H and O–H groups in total. The zero-order valence-electron chi connectivity index (χ0n) is 5.74. The molecule has 0 aliphatic carbocycles. The van der Waals surface area contributed by atoms with Crippen molar-refractivity contribution in [3.05, 3.63) is 21.7 Å². The molecule has 0 spiro atoms. The summed E-state index contributed by atoms with van der Waals surface area (Å²) in [6.07, 6.45) is 0. The van der Waals surface area contributed by atoms with Gasteiger partial charge in [0.25, 0.3) is 0 Å². The van der Waals surface area contributed by atoms with Gasteiger partial charge in [0, 0.05) is 5.56 Å². The van der Waals surface area contributed by atoms with Gasteiger partial charge in [0.1, 0.15) is 5.15 Å². The first kappa shape index (κ1) is 9.04. The van der Waals surface area contributed by atoms with Crippen LogP contribution in [0.1, 0.15) is 11.3 Å². The van der Waals surface area contributed by atoms with Crippen molar-refractivity contribution < 1.29 is 0 Å². The van der Waals surface area contributed by atoms with Crippen molar-refractivity contribution >= 4 is 34.8 Å². The minimum atomic E-state index is 0.135. The van der Waals surface area contributed by atoms with E-state index in [1.54, 1.807) is 6.92 Å². The van der Waals surface area contributed by atoms with Gasteiger partial charge in [-0.25, -0.2) is 9.97 Å². The van der Waals surface area contributed by atoms with Gasteiger partial charge in [-0.15, -0.1) is 11.6 Å². The summed E-state index contributed by atoms with van der Waals surface area (Å²) in [6.45, 7) is 1.80. The van der Waals surface area contributed by atoms with Gasteiger partial charge in [0.05, 0.1) is 11.6 Å². The van der Waals surface area contributed by atoms with Crippen molar-refractivity contribution in [2.75, 3.05) is 0 Å². The fourth-order valence-electron chi connectivity index (χ4n) is 0.634. The highest BCUT2D eigenvalue weighted by Crippen LogP contribution is 2.18. The first-order valence-corrected chi connectivity index (χ1v) is 4.18. The lowest BCUT2D eigenvalue weighted by atomic mass is 10.3. The van der Waals surface area contributed by atoms with Gasteiger partial charge in [0.15, 0.2) is 0 Å². The maximum atomic E-state index is 5.70. The van der Waals surface area contributed by atoms with Crippen LogP contribution in [0.4, 0.5) is 0 Å². The number of hydrogen-bond donors (Lipinski definition) is 0. The third-order valence-electron chi connectivity index (χ3n) is 1.29. The standard InChI is InChI=1S/C6H5Cl3N2/c1-3-4(2-7)10-6(9)11-5(3)8/h2H2,1H3. The third kappa shape index (κ3) is 1.95. The van der Waals surface area contributed by atoms with Crippen LogP contribution in [0.3, 0.4) is 0 Å². The Kier molecular flexibility index (Phi) is 2.93. The molecule has 0 bridgehead atoms. The molecular formula is C6H5Cl3N2. The molecule has 11 heavy (non-hydrogen) atoms. The van der Waals surface area contributed by atoms with Crippen LogP contribution in [-0.4, -0.2) is 9.97 Å². The van der Waals surface area contributed by atoms with Gasteiger partial charge in [-0.05, 0) is 18.5 Å². The van der Waals surface area contributed by atoms with Gasteiger partial charge in [-0.3, -0.25) is 0 Å². The average Bonchev–Trinajstić information content (AvgIpc) is 1.96. The van der Waals surface area contributed by atoms with Gasteiger partial charge < -0.3 is 0 Å². The van der Waals surface area contributed by atoms with E-state index in [2.05, 4.69) is 9.97 Å². The second-order valence-electron chi connectivity index (χ2n) is 1.99. The van der Waals surface area contributed by atoms with Gasteiger partial charge in [0.2, 0.25) is 5.28 Å². The van der Waals surface area contributed by atoms with Gasteiger partial charge in [-0.1, -0.05) is 11.6 Å². The summed E-state index contributed by atoms with van der Waals surface area (Å²) in [7, 11) is 0. The highest BCUT2D eigenvalue weighted by atomic mass is 35.5. The summed E-state index contributed by atoms with van der Waals surface area (Å²) in [4.78, 5) is 7.63. The van der Waals surface area contributed by atoms with E-state index in [1.807, 2.05) is 0 Å². The van der Waals surface area contributed by atoms with Crippen molar-refractivity contribution in [3.8, 4) is 0 Å². The third-order valence-corrected chi connectivity index (χ3v) is 2.08. The Balaban J connectivity index is 3.24. The predicted molar refractivity (Wildman–Crippen MR) is 46.3 cm³/mol. The second-order valence-corrected chi connectivity index (χ2v) is 2.95. The number of alkyl halides is 1. The molecule has 0 amide bonds. The lowest BCUT2D eigenvalue weighted by molar-refractivity contribution is 1.05. The largest absolute Gasteiger partial charge is 0.224 e. The molecule has 1 heterocycles. The molecule has 0 aliphatic rings. The molecule has 5 heteroatoms. The smallest absolute Gasteiger partial charge is 0.221 e. The minimum absolute atomic E-state index is 0.135. The molecular weight excluding hydrogens is 206 g/mol. The molecule has 60 valence electrons. The lowest BCUT2D eigenvalue weighted by Crippen LogP contribution is -1.95. The van der Waals surface area contributed by atoms with Crippen LogP contribution < -0.4 is 0 Å². The number of hydrogen-bond acceptors (Lipinski definition) is 2. The SMILES string of the molecule is Cc1c(Cl)nc(Cl)nc1CCl. The summed E-state index contributed by atoms with van der Waals surface area (Å²) in [6, 6.07) is 0. The zero-order chi connectivity index (χ0) is 8.43. The quantitative estimate of drug-likeness (QED) is 0.405. The van der Waals surface area contributed by atoms with Crippen molar-refractivity contribution in [1.29, 1.82) is 0 Å². The van der Waals surface area contributed by atoms with Gasteiger partial charge in [-0.2, -0.15) is 0 Å². The zero-order valence-corrected chi connectivity index (χ0v) is 8.00. The van der Waals surface area contributed by atoms with Crippen LogP contribution in [0.15, 0.2) is 0 Å². The number of rotatable bonds is 1. The Morgan fingerprint density at radius 1 is 1.27 bits per heavy atom. The Morgan fingerprint density at radius 3 is 2.45 bits per heavy atom. The molecule has 0 radical (unpaired) electrons. The van der Waals surface area contributed by atoms with E-state index in [0.717, 1.165) is 5.56 Å². The molecule has 1 aromatic heterocycles. The highest BCUT2D eigenvalue weighted by Gasteiger charge is 2.05. The van der Waals surface area contributed by atoms with Crippen LogP contribution in [0.25, 0.3) is 0 Å². The molecule has 0 aromatic carbocycles. The van der Waals surface area contributed by atoms with Crippen molar-refractivity contribution in [3.63, 3.8) is 0 Å². The average molecular weight is 211 g/mol. The van der Waals surface area contributed by atoms with Crippen LogP contribution in [-0.2, 0) is 5.88 Å². The summed E-state index contributed by atoms with van der Waals surface area (Å²) < 4.78 is 0.